The normalized spacial score (nSPS) is 10.5. The lowest BCUT2D eigenvalue weighted by Gasteiger charge is -2.08. The number of carbonyl (C=O) groups excluding carboxylic acids is 1. The summed E-state index contributed by atoms with van der Waals surface area (Å²) < 4.78 is 7.51. The Kier molecular flexibility index (Phi) is 5.57. The largest absolute Gasteiger partial charge is 0.489 e. The van der Waals surface area contributed by atoms with Crippen LogP contribution < -0.4 is 10.1 Å². The van der Waals surface area contributed by atoms with Crippen LogP contribution in [0.2, 0.25) is 0 Å². The molecule has 0 fully saturated rings. The minimum atomic E-state index is -0.247. The molecule has 1 N–H and O–H groups in total. The summed E-state index contributed by atoms with van der Waals surface area (Å²) in [4.78, 5) is 20.7. The lowest BCUT2D eigenvalue weighted by Crippen LogP contribution is -2.13. The number of amides is 1. The molecule has 0 aliphatic rings. The van der Waals surface area contributed by atoms with Gasteiger partial charge in [-0.25, -0.2) is 0 Å². The van der Waals surface area contributed by atoms with Crippen LogP contribution in [-0.2, 0) is 13.2 Å². The average molecular weight is 385 g/mol. The number of carbonyl (C=O) groups is 1. The molecule has 144 valence electrons. The highest BCUT2D eigenvalue weighted by molar-refractivity contribution is 6.03. The zero-order valence-corrected chi connectivity index (χ0v) is 15.6. The lowest BCUT2D eigenvalue weighted by atomic mass is 10.2. The number of hydrogen-bond donors (Lipinski definition) is 1. The van der Waals surface area contributed by atoms with Gasteiger partial charge in [0.15, 0.2) is 5.82 Å². The van der Waals surface area contributed by atoms with Gasteiger partial charge in [0, 0.05) is 48.2 Å². The molecule has 0 aliphatic heterocycles. The molecule has 29 heavy (non-hydrogen) atoms. The van der Waals surface area contributed by atoms with Crippen LogP contribution >= 0.6 is 0 Å². The summed E-state index contributed by atoms with van der Waals surface area (Å²) in [5.74, 6) is 0.854. The summed E-state index contributed by atoms with van der Waals surface area (Å²) in [6, 6.07) is 16.5. The van der Waals surface area contributed by atoms with E-state index in [9.17, 15) is 4.79 Å². The van der Waals surface area contributed by atoms with Crippen LogP contribution in [-0.4, -0.2) is 25.7 Å². The smallest absolute Gasteiger partial charge is 0.256 e. The Hall–Kier alpha value is -4.00. The van der Waals surface area contributed by atoms with Crippen LogP contribution in [0.3, 0.4) is 0 Å². The summed E-state index contributed by atoms with van der Waals surface area (Å²) in [5, 5.41) is 7.20. The maximum atomic E-state index is 12.6. The molecule has 1 amide bonds. The van der Waals surface area contributed by atoms with E-state index in [1.165, 1.54) is 0 Å². The van der Waals surface area contributed by atoms with Gasteiger partial charge in [-0.05, 0) is 35.9 Å². The predicted octanol–water partition coefficient (Wildman–Crippen LogP) is 3.55. The van der Waals surface area contributed by atoms with E-state index in [1.807, 2.05) is 36.5 Å². The van der Waals surface area contributed by atoms with E-state index >= 15 is 0 Å². The van der Waals surface area contributed by atoms with Crippen LogP contribution in [0.4, 0.5) is 5.82 Å². The third kappa shape index (κ3) is 5.04. The Morgan fingerprint density at radius 1 is 0.966 bits per heavy atom. The summed E-state index contributed by atoms with van der Waals surface area (Å²) in [7, 11) is 0. The highest BCUT2D eigenvalue weighted by atomic mass is 16.5. The number of pyridine rings is 2. The van der Waals surface area contributed by atoms with Crippen molar-refractivity contribution < 1.29 is 9.53 Å². The van der Waals surface area contributed by atoms with E-state index in [4.69, 9.17) is 4.74 Å². The Bertz CT molecular complexity index is 1080. The number of aromatic nitrogens is 4. The van der Waals surface area contributed by atoms with Crippen molar-refractivity contribution >= 4 is 11.7 Å². The zero-order valence-electron chi connectivity index (χ0n) is 15.6. The second-order valence-corrected chi connectivity index (χ2v) is 6.39. The number of nitrogens with zero attached hydrogens (tertiary/aromatic N) is 4. The number of rotatable bonds is 7. The zero-order chi connectivity index (χ0) is 19.9. The molecule has 0 radical (unpaired) electrons. The van der Waals surface area contributed by atoms with E-state index in [0.29, 0.717) is 30.3 Å². The van der Waals surface area contributed by atoms with Gasteiger partial charge in [-0.15, -0.1) is 0 Å². The number of ether oxygens (including phenoxy) is 1. The van der Waals surface area contributed by atoms with Gasteiger partial charge in [0.2, 0.25) is 0 Å². The van der Waals surface area contributed by atoms with E-state index < -0.39 is 0 Å². The van der Waals surface area contributed by atoms with Crippen molar-refractivity contribution in [2.24, 2.45) is 0 Å². The van der Waals surface area contributed by atoms with Crippen LogP contribution in [0.15, 0.2) is 85.6 Å². The summed E-state index contributed by atoms with van der Waals surface area (Å²) in [6.07, 6.45) is 8.80. The maximum absolute atomic E-state index is 12.6. The molecule has 0 atom stereocenters. The first-order valence-corrected chi connectivity index (χ1v) is 9.12. The van der Waals surface area contributed by atoms with Crippen molar-refractivity contribution in [3.05, 3.63) is 102 Å². The number of anilines is 1. The molecule has 0 unspecified atom stereocenters. The third-order valence-corrected chi connectivity index (χ3v) is 4.17. The molecule has 0 aliphatic carbocycles. The highest BCUT2D eigenvalue weighted by Gasteiger charge is 2.09. The van der Waals surface area contributed by atoms with Crippen molar-refractivity contribution in [3.63, 3.8) is 0 Å². The lowest BCUT2D eigenvalue weighted by molar-refractivity contribution is 0.102. The molecule has 1 aromatic carbocycles. The van der Waals surface area contributed by atoms with Crippen LogP contribution in [0.5, 0.6) is 5.75 Å². The van der Waals surface area contributed by atoms with Crippen molar-refractivity contribution in [1.29, 1.82) is 0 Å². The molecule has 0 saturated carbocycles. The molecule has 7 heteroatoms. The summed E-state index contributed by atoms with van der Waals surface area (Å²) in [5.41, 5.74) is 2.49. The molecule has 7 nitrogen and oxygen atoms in total. The molecule has 3 heterocycles. The average Bonchev–Trinajstić information content (AvgIpc) is 3.20. The Balaban J connectivity index is 1.37. The monoisotopic (exact) mass is 385 g/mol. The van der Waals surface area contributed by atoms with Gasteiger partial charge in [0.1, 0.15) is 12.4 Å². The number of benzene rings is 1. The van der Waals surface area contributed by atoms with Gasteiger partial charge >= 0.3 is 0 Å². The van der Waals surface area contributed by atoms with E-state index in [0.717, 1.165) is 11.1 Å². The SMILES string of the molecule is O=C(Nc1ccn(Cc2cccnc2)n1)c1cccc(OCc2cccnc2)c1. The predicted molar refractivity (Wildman–Crippen MR) is 109 cm³/mol. The molecule has 3 aromatic heterocycles. The molecular formula is C22H19N5O2. The summed E-state index contributed by atoms with van der Waals surface area (Å²) >= 11 is 0. The van der Waals surface area contributed by atoms with Crippen molar-refractivity contribution in [1.82, 2.24) is 19.7 Å². The first-order chi connectivity index (χ1) is 14.3. The van der Waals surface area contributed by atoms with Gasteiger partial charge in [-0.2, -0.15) is 5.10 Å². The molecule has 0 saturated heterocycles. The fourth-order valence-electron chi connectivity index (χ4n) is 2.76. The van der Waals surface area contributed by atoms with E-state index in [2.05, 4.69) is 20.4 Å². The highest BCUT2D eigenvalue weighted by Crippen LogP contribution is 2.16. The Morgan fingerprint density at radius 2 is 1.76 bits per heavy atom. The van der Waals surface area contributed by atoms with Gasteiger partial charge in [0.25, 0.3) is 5.91 Å². The number of nitrogens with one attached hydrogen (secondary N) is 1. The molecule has 4 rings (SSSR count). The first kappa shape index (κ1) is 18.4. The fourth-order valence-corrected chi connectivity index (χ4v) is 2.76. The van der Waals surface area contributed by atoms with Crippen molar-refractivity contribution in [3.8, 4) is 5.75 Å². The van der Waals surface area contributed by atoms with Crippen LogP contribution in [0, 0.1) is 0 Å². The standard InChI is InChI=1S/C22H19N5O2/c28-22(25-21-8-11-27(26-21)15-17-4-2-9-23-13-17)19-6-1-7-20(12-19)29-16-18-5-3-10-24-14-18/h1-14H,15-16H2,(H,25,26,28). The molecule has 0 spiro atoms. The minimum absolute atomic E-state index is 0.247. The van der Waals surface area contributed by atoms with E-state index in [-0.39, 0.29) is 5.91 Å². The second-order valence-electron chi connectivity index (χ2n) is 6.39. The Labute approximate surface area is 168 Å². The quantitative estimate of drug-likeness (QED) is 0.526. The maximum Gasteiger partial charge on any atom is 0.256 e. The van der Waals surface area contributed by atoms with Gasteiger partial charge in [-0.1, -0.05) is 18.2 Å². The second kappa shape index (κ2) is 8.79. The van der Waals surface area contributed by atoms with Crippen molar-refractivity contribution in [2.45, 2.75) is 13.2 Å². The van der Waals surface area contributed by atoms with Crippen LogP contribution in [0.1, 0.15) is 21.5 Å². The van der Waals surface area contributed by atoms with Gasteiger partial charge < -0.3 is 10.1 Å². The first-order valence-electron chi connectivity index (χ1n) is 9.12. The third-order valence-electron chi connectivity index (χ3n) is 4.17. The molecule has 4 aromatic rings. The number of hydrogen-bond acceptors (Lipinski definition) is 5. The van der Waals surface area contributed by atoms with Gasteiger partial charge in [0.05, 0.1) is 6.54 Å². The molecule has 0 bridgehead atoms. The van der Waals surface area contributed by atoms with E-state index in [1.54, 1.807) is 53.7 Å². The van der Waals surface area contributed by atoms with Crippen molar-refractivity contribution in [2.75, 3.05) is 5.32 Å². The summed E-state index contributed by atoms with van der Waals surface area (Å²) in [6.45, 7) is 0.971. The van der Waals surface area contributed by atoms with Crippen LogP contribution in [0.25, 0.3) is 0 Å². The Morgan fingerprint density at radius 3 is 2.52 bits per heavy atom. The van der Waals surface area contributed by atoms with Gasteiger partial charge in [-0.3, -0.25) is 19.4 Å². The minimum Gasteiger partial charge on any atom is -0.489 e. The molecular weight excluding hydrogens is 366 g/mol. The fraction of sp³-hybridized carbons (Fsp3) is 0.0909. The topological polar surface area (TPSA) is 81.9 Å².